The van der Waals surface area contributed by atoms with Crippen LogP contribution in [0.25, 0.3) is 0 Å². The Bertz CT molecular complexity index is 1170. The summed E-state index contributed by atoms with van der Waals surface area (Å²) in [6.07, 6.45) is 0.945. The Hall–Kier alpha value is -3.94. The van der Waals surface area contributed by atoms with Crippen molar-refractivity contribution < 1.29 is 23.1 Å². The summed E-state index contributed by atoms with van der Waals surface area (Å²) < 4.78 is 32.3. The highest BCUT2D eigenvalue weighted by Crippen LogP contribution is 2.24. The fourth-order valence-electron chi connectivity index (χ4n) is 3.88. The molecule has 1 aliphatic rings. The molecule has 0 bridgehead atoms. The predicted molar refractivity (Wildman–Crippen MR) is 126 cm³/mol. The van der Waals surface area contributed by atoms with Crippen LogP contribution in [0, 0.1) is 11.6 Å². The van der Waals surface area contributed by atoms with Crippen molar-refractivity contribution in [2.75, 3.05) is 30.4 Å². The maximum atomic E-state index is 14.0. The molecular formula is C26H25F2N3O3. The fourth-order valence-corrected chi connectivity index (χ4v) is 3.88. The number of hydrogen-bond donors (Lipinski definition) is 1. The van der Waals surface area contributed by atoms with Crippen molar-refractivity contribution in [2.45, 2.75) is 19.4 Å². The highest BCUT2D eigenvalue weighted by molar-refractivity contribution is 5.94. The lowest BCUT2D eigenvalue weighted by Crippen LogP contribution is -2.49. The van der Waals surface area contributed by atoms with E-state index in [-0.39, 0.29) is 30.5 Å². The number of carbonyl (C=O) groups excluding carboxylic acids is 2. The van der Waals surface area contributed by atoms with E-state index in [0.29, 0.717) is 24.5 Å². The molecule has 0 unspecified atom stereocenters. The standard InChI is InChI=1S/C26H25F2N3O3/c1-34-23-11-3-18(4-12-23)15-25(32)29-21-7-9-22(10-8-21)31-14-2-13-30(26(31)33)17-19-5-6-20(27)16-24(19)28/h3-12,16H,2,13-15,17H2,1H3,(H,29,32). The van der Waals surface area contributed by atoms with Crippen LogP contribution in [0.2, 0.25) is 0 Å². The summed E-state index contributed by atoms with van der Waals surface area (Å²) in [4.78, 5) is 28.5. The minimum absolute atomic E-state index is 0.0704. The van der Waals surface area contributed by atoms with Crippen LogP contribution in [0.3, 0.4) is 0 Å². The molecule has 0 spiro atoms. The lowest BCUT2D eigenvalue weighted by molar-refractivity contribution is -0.115. The summed E-state index contributed by atoms with van der Waals surface area (Å²) in [6.45, 7) is 1.09. The Morgan fingerprint density at radius 3 is 2.41 bits per heavy atom. The Kier molecular flexibility index (Phi) is 7.06. The maximum absolute atomic E-state index is 14.0. The normalized spacial score (nSPS) is 13.7. The summed E-state index contributed by atoms with van der Waals surface area (Å²) in [5.74, 6) is -0.739. The number of rotatable bonds is 7. The van der Waals surface area contributed by atoms with Gasteiger partial charge in [0.05, 0.1) is 20.1 Å². The smallest absolute Gasteiger partial charge is 0.324 e. The lowest BCUT2D eigenvalue weighted by atomic mass is 10.1. The van der Waals surface area contributed by atoms with E-state index in [4.69, 9.17) is 4.74 Å². The van der Waals surface area contributed by atoms with Crippen LogP contribution in [0.15, 0.2) is 66.7 Å². The van der Waals surface area contributed by atoms with Gasteiger partial charge in [-0.3, -0.25) is 9.69 Å². The van der Waals surface area contributed by atoms with Crippen LogP contribution in [0.1, 0.15) is 17.5 Å². The van der Waals surface area contributed by atoms with Crippen LogP contribution in [0.5, 0.6) is 5.75 Å². The molecule has 3 amide bonds. The van der Waals surface area contributed by atoms with Crippen molar-refractivity contribution in [3.05, 3.63) is 89.5 Å². The minimum Gasteiger partial charge on any atom is -0.497 e. The molecule has 0 atom stereocenters. The average molecular weight is 466 g/mol. The highest BCUT2D eigenvalue weighted by atomic mass is 19.1. The topological polar surface area (TPSA) is 61.9 Å². The van der Waals surface area contributed by atoms with E-state index in [9.17, 15) is 18.4 Å². The molecule has 8 heteroatoms. The predicted octanol–water partition coefficient (Wildman–Crippen LogP) is 4.99. The lowest BCUT2D eigenvalue weighted by Gasteiger charge is -2.35. The third kappa shape index (κ3) is 5.51. The number of nitrogens with zero attached hydrogens (tertiary/aromatic N) is 2. The molecule has 34 heavy (non-hydrogen) atoms. The van der Waals surface area contributed by atoms with Gasteiger partial charge in [-0.15, -0.1) is 0 Å². The first-order chi connectivity index (χ1) is 16.4. The number of halogens is 2. The van der Waals surface area contributed by atoms with Crippen molar-refractivity contribution in [3.63, 3.8) is 0 Å². The van der Waals surface area contributed by atoms with Gasteiger partial charge in [0.15, 0.2) is 0 Å². The number of carbonyl (C=O) groups is 2. The van der Waals surface area contributed by atoms with E-state index in [0.717, 1.165) is 23.8 Å². The van der Waals surface area contributed by atoms with Gasteiger partial charge < -0.3 is 15.0 Å². The molecule has 1 heterocycles. The van der Waals surface area contributed by atoms with Gasteiger partial charge >= 0.3 is 6.03 Å². The Labute approximate surface area is 196 Å². The van der Waals surface area contributed by atoms with Crippen molar-refractivity contribution in [2.24, 2.45) is 0 Å². The number of methoxy groups -OCH3 is 1. The number of nitrogens with one attached hydrogen (secondary N) is 1. The molecule has 0 radical (unpaired) electrons. The maximum Gasteiger partial charge on any atom is 0.324 e. The monoisotopic (exact) mass is 465 g/mol. The van der Waals surface area contributed by atoms with Crippen molar-refractivity contribution in [1.82, 2.24) is 4.90 Å². The molecule has 1 saturated heterocycles. The number of benzene rings is 3. The van der Waals surface area contributed by atoms with Gasteiger partial charge in [0.2, 0.25) is 5.91 Å². The summed E-state index contributed by atoms with van der Waals surface area (Å²) in [5.41, 5.74) is 2.44. The molecule has 0 saturated carbocycles. The molecule has 3 aromatic rings. The third-order valence-electron chi connectivity index (χ3n) is 5.67. The number of hydrogen-bond acceptors (Lipinski definition) is 3. The van der Waals surface area contributed by atoms with Gasteiger partial charge in [0, 0.05) is 36.1 Å². The molecule has 176 valence electrons. The molecular weight excluding hydrogens is 440 g/mol. The van der Waals surface area contributed by atoms with E-state index in [2.05, 4.69) is 5.32 Å². The SMILES string of the molecule is COc1ccc(CC(=O)Nc2ccc(N3CCCN(Cc4ccc(F)cc4F)C3=O)cc2)cc1. The van der Waals surface area contributed by atoms with Crippen LogP contribution in [0.4, 0.5) is 25.0 Å². The second kappa shape index (κ2) is 10.3. The van der Waals surface area contributed by atoms with E-state index in [1.807, 2.05) is 12.1 Å². The number of anilines is 2. The zero-order chi connectivity index (χ0) is 24.1. The van der Waals surface area contributed by atoms with Crippen LogP contribution >= 0.6 is 0 Å². The molecule has 3 aromatic carbocycles. The molecule has 1 aliphatic heterocycles. The largest absolute Gasteiger partial charge is 0.497 e. The Morgan fingerprint density at radius 1 is 1.00 bits per heavy atom. The summed E-state index contributed by atoms with van der Waals surface area (Å²) in [5, 5.41) is 2.86. The van der Waals surface area contributed by atoms with Gasteiger partial charge in [0.25, 0.3) is 0 Å². The minimum atomic E-state index is -0.667. The quantitative estimate of drug-likeness (QED) is 0.535. The van der Waals surface area contributed by atoms with Crippen molar-refractivity contribution in [3.8, 4) is 5.75 Å². The zero-order valence-corrected chi connectivity index (χ0v) is 18.8. The van der Waals surface area contributed by atoms with Crippen molar-refractivity contribution >= 4 is 23.3 Å². The second-order valence-corrected chi connectivity index (χ2v) is 8.06. The molecule has 1 N–H and O–H groups in total. The first kappa shape index (κ1) is 23.2. The summed E-state index contributed by atoms with van der Waals surface area (Å²) in [6, 6.07) is 17.4. The van der Waals surface area contributed by atoms with Crippen LogP contribution in [-0.2, 0) is 17.8 Å². The average Bonchev–Trinajstić information content (AvgIpc) is 2.83. The number of urea groups is 1. The van der Waals surface area contributed by atoms with Gasteiger partial charge in [0.1, 0.15) is 17.4 Å². The van der Waals surface area contributed by atoms with Gasteiger partial charge in [-0.05, 0) is 54.4 Å². The van der Waals surface area contributed by atoms with Gasteiger partial charge in [-0.2, -0.15) is 0 Å². The van der Waals surface area contributed by atoms with Crippen LogP contribution in [-0.4, -0.2) is 37.0 Å². The summed E-state index contributed by atoms with van der Waals surface area (Å²) in [7, 11) is 1.59. The van der Waals surface area contributed by atoms with Gasteiger partial charge in [-0.1, -0.05) is 18.2 Å². The molecule has 1 fully saturated rings. The zero-order valence-electron chi connectivity index (χ0n) is 18.8. The first-order valence-electron chi connectivity index (χ1n) is 11.0. The molecule has 4 rings (SSSR count). The molecule has 0 aliphatic carbocycles. The van der Waals surface area contributed by atoms with Gasteiger partial charge in [-0.25, -0.2) is 13.6 Å². The highest BCUT2D eigenvalue weighted by Gasteiger charge is 2.27. The van der Waals surface area contributed by atoms with Crippen molar-refractivity contribution in [1.29, 1.82) is 0 Å². The fraction of sp³-hybridized carbons (Fsp3) is 0.231. The summed E-state index contributed by atoms with van der Waals surface area (Å²) >= 11 is 0. The molecule has 0 aromatic heterocycles. The molecule has 6 nitrogen and oxygen atoms in total. The number of amides is 3. The van der Waals surface area contributed by atoms with Crippen LogP contribution < -0.4 is 15.0 Å². The van der Waals surface area contributed by atoms with E-state index >= 15 is 0 Å². The Balaban J connectivity index is 1.37. The second-order valence-electron chi connectivity index (χ2n) is 8.06. The third-order valence-corrected chi connectivity index (χ3v) is 5.67. The first-order valence-corrected chi connectivity index (χ1v) is 11.0. The van der Waals surface area contributed by atoms with E-state index in [1.165, 1.54) is 12.1 Å². The number of ether oxygens (including phenoxy) is 1. The van der Waals surface area contributed by atoms with E-state index < -0.39 is 11.6 Å². The Morgan fingerprint density at radius 2 is 1.74 bits per heavy atom. The van der Waals surface area contributed by atoms with E-state index in [1.54, 1.807) is 53.3 Å².